The molecule has 7 heteroatoms. The molecule has 1 aromatic heterocycles. The third-order valence-electron chi connectivity index (χ3n) is 6.30. The van der Waals surface area contributed by atoms with Gasteiger partial charge in [-0.25, -0.2) is 0 Å². The van der Waals surface area contributed by atoms with E-state index in [4.69, 9.17) is 9.84 Å². The summed E-state index contributed by atoms with van der Waals surface area (Å²) in [5.74, 6) is 0.0682. The van der Waals surface area contributed by atoms with Gasteiger partial charge >= 0.3 is 0 Å². The van der Waals surface area contributed by atoms with Crippen LogP contribution in [-0.4, -0.2) is 60.4 Å². The highest BCUT2D eigenvalue weighted by atomic mass is 16.5. The number of benzene rings is 1. The topological polar surface area (TPSA) is 62.6 Å². The Morgan fingerprint density at radius 2 is 1.94 bits per heavy atom. The number of piperazine rings is 1. The summed E-state index contributed by atoms with van der Waals surface area (Å²) in [6, 6.07) is 8.57. The largest absolute Gasteiger partial charge is 0.376 e. The lowest BCUT2D eigenvalue weighted by molar-refractivity contribution is -0.121. The number of hydrogen-bond donors (Lipinski definition) is 1. The van der Waals surface area contributed by atoms with Crippen molar-refractivity contribution < 1.29 is 9.53 Å². The Balaban J connectivity index is 1.26. The number of rotatable bonds is 8. The van der Waals surface area contributed by atoms with Crippen LogP contribution >= 0.6 is 0 Å². The Morgan fingerprint density at radius 3 is 2.68 bits per heavy atom. The average Bonchev–Trinajstić information content (AvgIpc) is 3.15. The van der Waals surface area contributed by atoms with Gasteiger partial charge in [0.05, 0.1) is 18.9 Å². The smallest absolute Gasteiger partial charge is 0.220 e. The molecule has 0 atom stereocenters. The standard InChI is InChI=1S/C24H35N5O2/c1-3-11-29-23-10-16-31-18-21(23)22(26-29)8-9-24(30)25-17-19-4-6-20(7-5-19)28-14-12-27(2)13-15-28/h4-7H,3,8-18H2,1-2H3,(H,25,30). The average molecular weight is 426 g/mol. The minimum absolute atomic E-state index is 0.0682. The van der Waals surface area contributed by atoms with E-state index in [1.165, 1.54) is 16.9 Å². The van der Waals surface area contributed by atoms with Crippen LogP contribution in [0.15, 0.2) is 24.3 Å². The minimum Gasteiger partial charge on any atom is -0.376 e. The van der Waals surface area contributed by atoms with Crippen LogP contribution in [0.1, 0.15) is 42.3 Å². The predicted molar refractivity (Wildman–Crippen MR) is 122 cm³/mol. The SMILES string of the molecule is CCCn1nc(CCC(=O)NCc2ccc(N3CCN(C)CC3)cc2)c2c1CCOC2. The van der Waals surface area contributed by atoms with Crippen molar-refractivity contribution in [2.45, 2.75) is 52.3 Å². The van der Waals surface area contributed by atoms with Gasteiger partial charge in [0.15, 0.2) is 0 Å². The highest BCUT2D eigenvalue weighted by Gasteiger charge is 2.21. The lowest BCUT2D eigenvalue weighted by Gasteiger charge is -2.34. The number of nitrogens with one attached hydrogen (secondary N) is 1. The summed E-state index contributed by atoms with van der Waals surface area (Å²) in [5.41, 5.74) is 5.91. The number of carbonyl (C=O) groups is 1. The molecule has 4 rings (SSSR count). The van der Waals surface area contributed by atoms with Crippen molar-refractivity contribution >= 4 is 11.6 Å². The minimum atomic E-state index is 0.0682. The van der Waals surface area contributed by atoms with Gasteiger partial charge in [-0.3, -0.25) is 9.48 Å². The molecule has 1 amide bonds. The maximum Gasteiger partial charge on any atom is 0.220 e. The first-order valence-corrected chi connectivity index (χ1v) is 11.6. The Hall–Kier alpha value is -2.38. The molecule has 2 aliphatic rings. The number of nitrogens with zero attached hydrogens (tertiary/aromatic N) is 4. The summed E-state index contributed by atoms with van der Waals surface area (Å²) in [7, 11) is 2.17. The van der Waals surface area contributed by atoms with E-state index >= 15 is 0 Å². The van der Waals surface area contributed by atoms with E-state index in [0.29, 0.717) is 26.0 Å². The number of anilines is 1. The number of ether oxygens (including phenoxy) is 1. The molecule has 2 aliphatic heterocycles. The van der Waals surface area contributed by atoms with Crippen molar-refractivity contribution in [3.8, 4) is 0 Å². The first kappa shape index (κ1) is 21.8. The second kappa shape index (κ2) is 10.3. The number of carbonyl (C=O) groups excluding carboxylic acids is 1. The molecule has 0 unspecified atom stereocenters. The zero-order valence-electron chi connectivity index (χ0n) is 18.9. The fraction of sp³-hybridized carbons (Fsp3) is 0.583. The molecule has 3 heterocycles. The molecule has 0 bridgehead atoms. The van der Waals surface area contributed by atoms with E-state index in [2.05, 4.69) is 58.0 Å². The summed E-state index contributed by atoms with van der Waals surface area (Å²) in [5, 5.41) is 7.84. The number of fused-ring (bicyclic) bond motifs is 1. The van der Waals surface area contributed by atoms with E-state index in [0.717, 1.165) is 63.4 Å². The number of aryl methyl sites for hydroxylation is 2. The van der Waals surface area contributed by atoms with E-state index in [1.54, 1.807) is 0 Å². The van der Waals surface area contributed by atoms with Gasteiger partial charge in [-0.1, -0.05) is 19.1 Å². The molecular weight excluding hydrogens is 390 g/mol. The lowest BCUT2D eigenvalue weighted by Crippen LogP contribution is -2.44. The van der Waals surface area contributed by atoms with Gasteiger partial charge in [0.25, 0.3) is 0 Å². The first-order valence-electron chi connectivity index (χ1n) is 11.6. The van der Waals surface area contributed by atoms with Crippen molar-refractivity contribution in [3.05, 3.63) is 46.8 Å². The van der Waals surface area contributed by atoms with Crippen molar-refractivity contribution in [3.63, 3.8) is 0 Å². The van der Waals surface area contributed by atoms with Crippen LogP contribution in [0.5, 0.6) is 0 Å². The summed E-state index contributed by atoms with van der Waals surface area (Å²) >= 11 is 0. The molecule has 31 heavy (non-hydrogen) atoms. The summed E-state index contributed by atoms with van der Waals surface area (Å²) in [6.45, 7) is 9.37. The first-order chi connectivity index (χ1) is 15.1. The molecular formula is C24H35N5O2. The summed E-state index contributed by atoms with van der Waals surface area (Å²) < 4.78 is 7.76. The van der Waals surface area contributed by atoms with Gasteiger partial charge < -0.3 is 19.9 Å². The molecule has 0 spiro atoms. The maximum absolute atomic E-state index is 12.4. The van der Waals surface area contributed by atoms with Gasteiger partial charge in [0.1, 0.15) is 0 Å². The van der Waals surface area contributed by atoms with Gasteiger partial charge in [-0.2, -0.15) is 5.10 Å². The van der Waals surface area contributed by atoms with Crippen molar-refractivity contribution in [1.29, 1.82) is 0 Å². The quantitative estimate of drug-likeness (QED) is 0.704. The normalized spacial score (nSPS) is 16.9. The fourth-order valence-corrected chi connectivity index (χ4v) is 4.39. The van der Waals surface area contributed by atoms with Crippen LogP contribution in [0, 0.1) is 0 Å². The van der Waals surface area contributed by atoms with E-state index in [1.807, 2.05) is 0 Å². The predicted octanol–water partition coefficient (Wildman–Crippen LogP) is 2.37. The number of amides is 1. The van der Waals surface area contributed by atoms with Crippen LogP contribution in [0.25, 0.3) is 0 Å². The van der Waals surface area contributed by atoms with E-state index < -0.39 is 0 Å². The van der Waals surface area contributed by atoms with Gasteiger partial charge in [0, 0.05) is 75.5 Å². The van der Waals surface area contributed by atoms with Gasteiger partial charge in [0.2, 0.25) is 5.91 Å². The molecule has 7 nitrogen and oxygen atoms in total. The molecule has 1 fully saturated rings. The Kier molecular flexibility index (Phi) is 7.25. The number of aromatic nitrogens is 2. The molecule has 1 aromatic carbocycles. The summed E-state index contributed by atoms with van der Waals surface area (Å²) in [4.78, 5) is 17.2. The zero-order valence-corrected chi connectivity index (χ0v) is 18.9. The molecule has 0 radical (unpaired) electrons. The maximum atomic E-state index is 12.4. The van der Waals surface area contributed by atoms with Gasteiger partial charge in [-0.05, 0) is 31.2 Å². The van der Waals surface area contributed by atoms with E-state index in [9.17, 15) is 4.79 Å². The van der Waals surface area contributed by atoms with Crippen molar-refractivity contribution in [2.75, 3.05) is 44.7 Å². The van der Waals surface area contributed by atoms with Crippen LogP contribution in [0.4, 0.5) is 5.69 Å². The molecule has 0 saturated carbocycles. The highest BCUT2D eigenvalue weighted by molar-refractivity contribution is 5.76. The fourth-order valence-electron chi connectivity index (χ4n) is 4.39. The number of hydrogen-bond acceptors (Lipinski definition) is 5. The van der Waals surface area contributed by atoms with Crippen LogP contribution in [0.2, 0.25) is 0 Å². The third kappa shape index (κ3) is 5.46. The van der Waals surface area contributed by atoms with Crippen molar-refractivity contribution in [1.82, 2.24) is 20.0 Å². The van der Waals surface area contributed by atoms with Crippen LogP contribution < -0.4 is 10.2 Å². The molecule has 0 aliphatic carbocycles. The third-order valence-corrected chi connectivity index (χ3v) is 6.30. The van der Waals surface area contributed by atoms with Gasteiger partial charge in [-0.15, -0.1) is 0 Å². The Labute approximate surface area is 185 Å². The van der Waals surface area contributed by atoms with E-state index in [-0.39, 0.29) is 5.91 Å². The monoisotopic (exact) mass is 425 g/mol. The van der Waals surface area contributed by atoms with Crippen LogP contribution in [-0.2, 0) is 42.1 Å². The Bertz CT molecular complexity index is 869. The molecule has 1 N–H and O–H groups in total. The summed E-state index contributed by atoms with van der Waals surface area (Å²) in [6.07, 6.45) is 3.09. The second-order valence-electron chi connectivity index (χ2n) is 8.63. The highest BCUT2D eigenvalue weighted by Crippen LogP contribution is 2.22. The molecule has 1 saturated heterocycles. The van der Waals surface area contributed by atoms with Crippen LogP contribution in [0.3, 0.4) is 0 Å². The molecule has 168 valence electrons. The zero-order chi connectivity index (χ0) is 21.6. The Morgan fingerprint density at radius 1 is 1.16 bits per heavy atom. The molecule has 2 aromatic rings. The number of likely N-dealkylation sites (N-methyl/N-ethyl adjacent to an activating group) is 1. The van der Waals surface area contributed by atoms with Crippen molar-refractivity contribution in [2.24, 2.45) is 0 Å². The second-order valence-corrected chi connectivity index (χ2v) is 8.63. The lowest BCUT2D eigenvalue weighted by atomic mass is 10.1.